The summed E-state index contributed by atoms with van der Waals surface area (Å²) in [5, 5.41) is 9.08. The normalized spacial score (nSPS) is 10.7. The second-order valence-electron chi connectivity index (χ2n) is 5.20. The van der Waals surface area contributed by atoms with E-state index in [2.05, 4.69) is 0 Å². The molecule has 0 radical (unpaired) electrons. The van der Waals surface area contributed by atoms with Gasteiger partial charge in [0.2, 0.25) is 0 Å². The van der Waals surface area contributed by atoms with Gasteiger partial charge in [0.15, 0.2) is 11.5 Å². The minimum Gasteiger partial charge on any atom is -0.493 e. The Morgan fingerprint density at radius 3 is 2.44 bits per heavy atom. The summed E-state index contributed by atoms with van der Waals surface area (Å²) in [5.41, 5.74) is 0.490. The summed E-state index contributed by atoms with van der Waals surface area (Å²) in [6.45, 7) is 1.79. The lowest BCUT2D eigenvalue weighted by molar-refractivity contribution is -0.137. The van der Waals surface area contributed by atoms with Crippen molar-refractivity contribution >= 4 is 18.0 Å². The zero-order valence-corrected chi connectivity index (χ0v) is 14.7. The number of esters is 2. The van der Waals surface area contributed by atoms with E-state index in [1.165, 1.54) is 37.5 Å². The van der Waals surface area contributed by atoms with Crippen LogP contribution in [0.25, 0.3) is 6.08 Å². The van der Waals surface area contributed by atoms with Crippen LogP contribution in [0.4, 0.5) is 4.39 Å². The van der Waals surface area contributed by atoms with Gasteiger partial charge in [-0.3, -0.25) is 0 Å². The van der Waals surface area contributed by atoms with Crippen molar-refractivity contribution in [2.45, 2.75) is 6.92 Å². The summed E-state index contributed by atoms with van der Waals surface area (Å²) in [5.74, 6) is -1.51. The number of carbonyl (C=O) groups excluding carboxylic acids is 2. The van der Waals surface area contributed by atoms with Crippen molar-refractivity contribution in [3.63, 3.8) is 0 Å². The Labute approximate surface area is 155 Å². The molecule has 0 amide bonds. The van der Waals surface area contributed by atoms with Crippen LogP contribution in [0.5, 0.6) is 11.5 Å². The molecule has 0 N–H and O–H groups in total. The maximum absolute atomic E-state index is 12.9. The standard InChI is InChI=1S/C20H16FNO5/c1-3-26-19(23)15(12-22)10-13-4-9-17(18(11-13)25-2)27-20(24)14-5-7-16(21)8-6-14/h4-11H,3H2,1-2H3/b15-10+. The lowest BCUT2D eigenvalue weighted by Gasteiger charge is -2.10. The highest BCUT2D eigenvalue weighted by atomic mass is 19.1. The molecule has 0 saturated heterocycles. The number of benzene rings is 2. The second-order valence-corrected chi connectivity index (χ2v) is 5.20. The average molecular weight is 369 g/mol. The van der Waals surface area contributed by atoms with Gasteiger partial charge in [-0.25, -0.2) is 14.0 Å². The summed E-state index contributed by atoms with van der Waals surface area (Å²) in [6, 6.07) is 11.2. The predicted octanol–water partition coefficient (Wildman–Crippen LogP) is 3.52. The van der Waals surface area contributed by atoms with E-state index in [4.69, 9.17) is 19.5 Å². The van der Waals surface area contributed by atoms with Crippen LogP contribution in [0.1, 0.15) is 22.8 Å². The van der Waals surface area contributed by atoms with Gasteiger partial charge in [-0.1, -0.05) is 6.07 Å². The molecule has 0 aromatic heterocycles. The van der Waals surface area contributed by atoms with Crippen LogP contribution >= 0.6 is 0 Å². The number of hydrogen-bond donors (Lipinski definition) is 0. The van der Waals surface area contributed by atoms with Gasteiger partial charge in [-0.15, -0.1) is 0 Å². The van der Waals surface area contributed by atoms with Crippen molar-refractivity contribution in [1.82, 2.24) is 0 Å². The fourth-order valence-electron chi connectivity index (χ4n) is 2.12. The quantitative estimate of drug-likeness (QED) is 0.335. The molecular weight excluding hydrogens is 353 g/mol. The zero-order valence-electron chi connectivity index (χ0n) is 14.7. The molecule has 27 heavy (non-hydrogen) atoms. The summed E-state index contributed by atoms with van der Waals surface area (Å²) < 4.78 is 28.2. The zero-order chi connectivity index (χ0) is 19.8. The van der Waals surface area contributed by atoms with Crippen molar-refractivity contribution in [2.75, 3.05) is 13.7 Å². The second kappa shape index (κ2) is 9.15. The largest absolute Gasteiger partial charge is 0.493 e. The Morgan fingerprint density at radius 2 is 1.85 bits per heavy atom. The summed E-state index contributed by atoms with van der Waals surface area (Å²) >= 11 is 0. The lowest BCUT2D eigenvalue weighted by Crippen LogP contribution is -2.09. The number of ether oxygens (including phenoxy) is 3. The van der Waals surface area contributed by atoms with E-state index in [9.17, 15) is 14.0 Å². The number of hydrogen-bond acceptors (Lipinski definition) is 6. The molecule has 6 nitrogen and oxygen atoms in total. The van der Waals surface area contributed by atoms with Crippen LogP contribution < -0.4 is 9.47 Å². The molecule has 2 aromatic rings. The van der Waals surface area contributed by atoms with Gasteiger partial charge >= 0.3 is 11.9 Å². The SMILES string of the molecule is CCOC(=O)/C(C#N)=C/c1ccc(OC(=O)c2ccc(F)cc2)c(OC)c1. The van der Waals surface area contributed by atoms with Crippen LogP contribution in [0, 0.1) is 17.1 Å². The molecule has 0 aliphatic carbocycles. The van der Waals surface area contributed by atoms with Gasteiger partial charge in [-0.2, -0.15) is 5.26 Å². The third-order valence-electron chi connectivity index (χ3n) is 3.40. The van der Waals surface area contributed by atoms with Crippen molar-refractivity contribution in [1.29, 1.82) is 5.26 Å². The maximum Gasteiger partial charge on any atom is 0.348 e. The van der Waals surface area contributed by atoms with Crippen molar-refractivity contribution < 1.29 is 28.2 Å². The van der Waals surface area contributed by atoms with Crippen LogP contribution in [0.2, 0.25) is 0 Å². The van der Waals surface area contributed by atoms with E-state index in [0.29, 0.717) is 5.56 Å². The molecule has 2 aromatic carbocycles. The number of nitriles is 1. The van der Waals surface area contributed by atoms with Crippen LogP contribution in [-0.4, -0.2) is 25.7 Å². The van der Waals surface area contributed by atoms with Gasteiger partial charge < -0.3 is 14.2 Å². The van der Waals surface area contributed by atoms with Crippen LogP contribution in [0.15, 0.2) is 48.0 Å². The number of nitrogens with zero attached hydrogens (tertiary/aromatic N) is 1. The van der Waals surface area contributed by atoms with E-state index in [1.807, 2.05) is 0 Å². The van der Waals surface area contributed by atoms with E-state index in [1.54, 1.807) is 19.1 Å². The Balaban J connectivity index is 2.25. The molecule has 0 fully saturated rings. The monoisotopic (exact) mass is 369 g/mol. The average Bonchev–Trinajstić information content (AvgIpc) is 2.67. The molecule has 2 rings (SSSR count). The first-order valence-corrected chi connectivity index (χ1v) is 7.93. The molecule has 0 heterocycles. The first kappa shape index (κ1) is 19.7. The third kappa shape index (κ3) is 5.16. The molecule has 0 unspecified atom stereocenters. The van der Waals surface area contributed by atoms with Gasteiger partial charge in [0.25, 0.3) is 0 Å². The summed E-state index contributed by atoms with van der Waals surface area (Å²) in [6.07, 6.45) is 1.34. The molecule has 0 saturated carbocycles. The number of halogens is 1. The number of rotatable bonds is 6. The number of methoxy groups -OCH3 is 1. The molecular formula is C20H16FNO5. The van der Waals surface area contributed by atoms with E-state index in [0.717, 1.165) is 12.1 Å². The highest BCUT2D eigenvalue weighted by Crippen LogP contribution is 2.29. The first-order valence-electron chi connectivity index (χ1n) is 7.93. The fourth-order valence-corrected chi connectivity index (χ4v) is 2.12. The number of carbonyl (C=O) groups is 2. The van der Waals surface area contributed by atoms with Crippen molar-refractivity contribution in [3.05, 3.63) is 65.0 Å². The smallest absolute Gasteiger partial charge is 0.348 e. The minimum atomic E-state index is -0.731. The predicted molar refractivity (Wildman–Crippen MR) is 94.6 cm³/mol. The first-order chi connectivity index (χ1) is 13.0. The van der Waals surface area contributed by atoms with Crippen molar-refractivity contribution in [3.8, 4) is 17.6 Å². The Bertz CT molecular complexity index is 913. The highest BCUT2D eigenvalue weighted by Gasteiger charge is 2.14. The Kier molecular flexibility index (Phi) is 6.67. The Hall–Kier alpha value is -3.66. The van der Waals surface area contributed by atoms with E-state index in [-0.39, 0.29) is 29.2 Å². The van der Waals surface area contributed by atoms with Gasteiger partial charge in [0.1, 0.15) is 17.5 Å². The van der Waals surface area contributed by atoms with Gasteiger partial charge in [0.05, 0.1) is 19.3 Å². The van der Waals surface area contributed by atoms with E-state index >= 15 is 0 Å². The maximum atomic E-state index is 12.9. The van der Waals surface area contributed by atoms with Crippen molar-refractivity contribution in [2.24, 2.45) is 0 Å². The lowest BCUT2D eigenvalue weighted by atomic mass is 10.1. The third-order valence-corrected chi connectivity index (χ3v) is 3.40. The van der Waals surface area contributed by atoms with Crippen LogP contribution in [-0.2, 0) is 9.53 Å². The van der Waals surface area contributed by atoms with Crippen LogP contribution in [0.3, 0.4) is 0 Å². The van der Waals surface area contributed by atoms with Gasteiger partial charge in [0, 0.05) is 0 Å². The highest BCUT2D eigenvalue weighted by molar-refractivity contribution is 5.98. The Morgan fingerprint density at radius 1 is 1.15 bits per heavy atom. The summed E-state index contributed by atoms with van der Waals surface area (Å²) in [7, 11) is 1.38. The topological polar surface area (TPSA) is 85.6 Å². The fraction of sp³-hybridized carbons (Fsp3) is 0.150. The molecule has 0 spiro atoms. The molecule has 7 heteroatoms. The van der Waals surface area contributed by atoms with Gasteiger partial charge in [-0.05, 0) is 55.0 Å². The minimum absolute atomic E-state index is 0.138. The molecule has 0 bridgehead atoms. The molecule has 0 aliphatic rings. The summed E-state index contributed by atoms with van der Waals surface area (Å²) in [4.78, 5) is 23.8. The molecule has 0 atom stereocenters. The molecule has 138 valence electrons. The molecule has 0 aliphatic heterocycles. The van der Waals surface area contributed by atoms with E-state index < -0.39 is 17.8 Å².